The van der Waals surface area contributed by atoms with Gasteiger partial charge in [-0.15, -0.1) is 0 Å². The molecule has 0 saturated carbocycles. The third kappa shape index (κ3) is 3.86. The molecule has 11 nitrogen and oxygen atoms in total. The maximum atomic E-state index is 12.5. The smallest absolute Gasteiger partial charge is 0.330 e. The summed E-state index contributed by atoms with van der Waals surface area (Å²) in [6.07, 6.45) is -0.544. The zero-order valence-corrected chi connectivity index (χ0v) is 17.2. The lowest BCUT2D eigenvalue weighted by Gasteiger charge is -2.22. The number of para-hydroxylation sites is 1. The molecule has 3 heterocycles. The van der Waals surface area contributed by atoms with E-state index in [0.717, 1.165) is 15.5 Å². The van der Waals surface area contributed by atoms with Gasteiger partial charge in [-0.1, -0.05) is 18.2 Å². The number of aromatic nitrogens is 2. The molecule has 4 rings (SSSR count). The second kappa shape index (κ2) is 9.09. The molecule has 1 aliphatic heterocycles. The van der Waals surface area contributed by atoms with Crippen LogP contribution in [0.3, 0.4) is 0 Å². The number of rotatable bonds is 8. The van der Waals surface area contributed by atoms with Gasteiger partial charge in [-0.2, -0.15) is 0 Å². The van der Waals surface area contributed by atoms with E-state index in [9.17, 15) is 24.6 Å². The quantitative estimate of drug-likeness (QED) is 0.402. The first kappa shape index (κ1) is 22.0. The van der Waals surface area contributed by atoms with Gasteiger partial charge in [0, 0.05) is 25.2 Å². The Morgan fingerprint density at radius 3 is 2.81 bits per heavy atom. The van der Waals surface area contributed by atoms with E-state index in [1.807, 2.05) is 24.3 Å². The summed E-state index contributed by atoms with van der Waals surface area (Å²) in [6, 6.07) is 7.46. The third-order valence-corrected chi connectivity index (χ3v) is 5.61. The zero-order valence-electron chi connectivity index (χ0n) is 17.2. The van der Waals surface area contributed by atoms with Crippen molar-refractivity contribution in [1.29, 1.82) is 0 Å². The van der Waals surface area contributed by atoms with Crippen molar-refractivity contribution >= 4 is 23.1 Å². The molecule has 1 aliphatic rings. The van der Waals surface area contributed by atoms with Crippen LogP contribution in [0.4, 0.5) is 5.69 Å². The number of hydrogen-bond donors (Lipinski definition) is 3. The van der Waals surface area contributed by atoms with Gasteiger partial charge in [-0.3, -0.25) is 19.1 Å². The Morgan fingerprint density at radius 2 is 2.09 bits per heavy atom. The number of aliphatic hydroxyl groups is 2. The molecule has 0 radical (unpaired) electrons. The number of carbonyl (C=O) groups excluding carboxylic acids is 1. The average molecular weight is 445 g/mol. The number of hydrogen-bond acceptors (Lipinski definition) is 8. The summed E-state index contributed by atoms with van der Waals surface area (Å²) in [5.41, 5.74) is -0.0464. The van der Waals surface area contributed by atoms with Crippen molar-refractivity contribution in [2.24, 2.45) is 0 Å². The number of fused-ring (bicyclic) bond motifs is 1. The molecule has 2 aromatic heterocycles. The molecule has 170 valence electrons. The van der Waals surface area contributed by atoms with Gasteiger partial charge in [0.25, 0.3) is 5.56 Å². The fourth-order valence-corrected chi connectivity index (χ4v) is 3.91. The lowest BCUT2D eigenvalue weighted by molar-refractivity contribution is -0.107. The Bertz CT molecular complexity index is 1220. The van der Waals surface area contributed by atoms with Crippen LogP contribution < -0.4 is 16.1 Å². The molecule has 4 atom stereocenters. The number of furan rings is 1. The maximum absolute atomic E-state index is 12.5. The number of aliphatic hydroxyl groups excluding tert-OH is 2. The summed E-state index contributed by atoms with van der Waals surface area (Å²) in [6.45, 7) is -0.336. The van der Waals surface area contributed by atoms with E-state index in [4.69, 9.17) is 13.9 Å². The van der Waals surface area contributed by atoms with Crippen LogP contribution in [0.2, 0.25) is 0 Å². The van der Waals surface area contributed by atoms with Crippen molar-refractivity contribution in [2.45, 2.75) is 31.0 Å². The predicted octanol–water partition coefficient (Wildman–Crippen LogP) is -0.246. The van der Waals surface area contributed by atoms with E-state index < -0.39 is 42.4 Å². The Hall–Kier alpha value is -3.25. The first-order valence-corrected chi connectivity index (χ1v) is 9.98. The van der Waals surface area contributed by atoms with Crippen molar-refractivity contribution in [3.63, 3.8) is 0 Å². The molecule has 32 heavy (non-hydrogen) atoms. The molecular formula is C21H23N3O8. The van der Waals surface area contributed by atoms with Crippen LogP contribution in [0.5, 0.6) is 0 Å². The summed E-state index contributed by atoms with van der Waals surface area (Å²) < 4.78 is 17.3. The number of carbonyl (C=O) groups is 1. The standard InChI is InChI=1S/C21H23N3O8/c1-30-18-17(27)16(9-25)32-20(18)24-8-14(19(28)22-21(24)29)23(11-26)7-6-12-10-31-15-5-3-2-4-13(12)15/h2-5,8,10-11,16-18,20,25,27H,6-7,9H2,1H3,(H,22,28,29)/t16-,17+,18-,20-/m1/s1. The van der Waals surface area contributed by atoms with Crippen LogP contribution in [0.25, 0.3) is 11.0 Å². The Balaban J connectivity index is 1.63. The molecule has 1 aromatic carbocycles. The Kier molecular flexibility index (Phi) is 6.24. The van der Waals surface area contributed by atoms with Gasteiger partial charge in [0.2, 0.25) is 6.41 Å². The molecule has 3 aromatic rings. The fraction of sp³-hybridized carbons (Fsp3) is 0.381. The number of benzene rings is 1. The van der Waals surface area contributed by atoms with Crippen LogP contribution in [0.1, 0.15) is 11.8 Å². The Labute approximate surface area is 181 Å². The summed E-state index contributed by atoms with van der Waals surface area (Å²) in [5.74, 6) is 0. The second-order valence-corrected chi connectivity index (χ2v) is 7.43. The molecule has 1 amide bonds. The highest BCUT2D eigenvalue weighted by Crippen LogP contribution is 2.30. The number of ether oxygens (including phenoxy) is 2. The molecule has 0 bridgehead atoms. The van der Waals surface area contributed by atoms with Crippen molar-refractivity contribution < 1.29 is 28.9 Å². The third-order valence-electron chi connectivity index (χ3n) is 5.61. The van der Waals surface area contributed by atoms with E-state index in [1.54, 1.807) is 6.26 Å². The normalized spacial score (nSPS) is 23.0. The zero-order chi connectivity index (χ0) is 22.8. The predicted molar refractivity (Wildman–Crippen MR) is 112 cm³/mol. The van der Waals surface area contributed by atoms with Crippen LogP contribution in [-0.4, -0.2) is 64.7 Å². The van der Waals surface area contributed by atoms with Gasteiger partial charge in [0.15, 0.2) is 6.23 Å². The second-order valence-electron chi connectivity index (χ2n) is 7.43. The number of H-pyrrole nitrogens is 1. The lowest BCUT2D eigenvalue weighted by Crippen LogP contribution is -2.41. The summed E-state index contributed by atoms with van der Waals surface area (Å²) in [4.78, 5) is 40.1. The number of aromatic amines is 1. The SMILES string of the molecule is CO[C@@H]1[C@@H](O)[C@@H](CO)O[C@H]1n1cc(N(C=O)CCc2coc3ccccc23)c(=O)[nH]c1=O. The van der Waals surface area contributed by atoms with Crippen molar-refractivity contribution in [3.05, 3.63) is 63.1 Å². The molecule has 0 spiro atoms. The monoisotopic (exact) mass is 445 g/mol. The van der Waals surface area contributed by atoms with E-state index in [1.165, 1.54) is 18.2 Å². The topological polar surface area (TPSA) is 147 Å². The van der Waals surface area contributed by atoms with Gasteiger partial charge in [0.05, 0.1) is 12.9 Å². The highest BCUT2D eigenvalue weighted by molar-refractivity contribution is 5.81. The minimum atomic E-state index is -1.19. The van der Waals surface area contributed by atoms with Gasteiger partial charge < -0.3 is 29.0 Å². The molecule has 3 N–H and O–H groups in total. The summed E-state index contributed by atoms with van der Waals surface area (Å²) in [7, 11) is 1.33. The fourth-order valence-electron chi connectivity index (χ4n) is 3.91. The first-order chi connectivity index (χ1) is 15.5. The van der Waals surface area contributed by atoms with Crippen molar-refractivity contribution in [1.82, 2.24) is 9.55 Å². The van der Waals surface area contributed by atoms with Gasteiger partial charge in [-0.25, -0.2) is 4.79 Å². The molecule has 11 heteroatoms. The number of nitrogens with zero attached hydrogens (tertiary/aromatic N) is 2. The average Bonchev–Trinajstić information content (AvgIpc) is 3.35. The minimum Gasteiger partial charge on any atom is -0.464 e. The lowest BCUT2D eigenvalue weighted by atomic mass is 10.1. The van der Waals surface area contributed by atoms with E-state index in [2.05, 4.69) is 4.98 Å². The summed E-state index contributed by atoms with van der Waals surface area (Å²) >= 11 is 0. The number of anilines is 1. The molecular weight excluding hydrogens is 422 g/mol. The van der Waals surface area contributed by atoms with Gasteiger partial charge in [0.1, 0.15) is 29.6 Å². The summed E-state index contributed by atoms with van der Waals surface area (Å²) in [5, 5.41) is 20.6. The number of amides is 1. The minimum absolute atomic E-state index is 0.0761. The molecule has 0 aliphatic carbocycles. The van der Waals surface area contributed by atoms with Crippen LogP contribution >= 0.6 is 0 Å². The highest BCUT2D eigenvalue weighted by atomic mass is 16.6. The van der Waals surface area contributed by atoms with Crippen LogP contribution in [0, 0.1) is 0 Å². The maximum Gasteiger partial charge on any atom is 0.330 e. The van der Waals surface area contributed by atoms with Crippen LogP contribution in [-0.2, 0) is 20.7 Å². The van der Waals surface area contributed by atoms with Crippen molar-refractivity contribution in [2.75, 3.05) is 25.2 Å². The first-order valence-electron chi connectivity index (χ1n) is 9.98. The largest absolute Gasteiger partial charge is 0.464 e. The highest BCUT2D eigenvalue weighted by Gasteiger charge is 2.45. The van der Waals surface area contributed by atoms with E-state index in [0.29, 0.717) is 18.4 Å². The molecule has 0 unspecified atom stereocenters. The molecule has 1 saturated heterocycles. The van der Waals surface area contributed by atoms with Crippen molar-refractivity contribution in [3.8, 4) is 0 Å². The van der Waals surface area contributed by atoms with Gasteiger partial charge in [-0.05, 0) is 18.1 Å². The number of nitrogens with one attached hydrogen (secondary N) is 1. The van der Waals surface area contributed by atoms with Gasteiger partial charge >= 0.3 is 5.69 Å². The Morgan fingerprint density at radius 1 is 1.31 bits per heavy atom. The van der Waals surface area contributed by atoms with E-state index >= 15 is 0 Å². The van der Waals surface area contributed by atoms with E-state index in [-0.39, 0.29) is 12.2 Å². The van der Waals surface area contributed by atoms with Crippen LogP contribution in [0.15, 0.2) is 50.7 Å². The number of methoxy groups -OCH3 is 1. The molecule has 1 fully saturated rings.